The number of carboxylic acid groups (broad SMARTS) is 1. The van der Waals surface area contributed by atoms with Crippen LogP contribution in [0.2, 0.25) is 0 Å². The molecule has 0 aliphatic carbocycles. The first-order valence-corrected chi connectivity index (χ1v) is 7.05. The van der Waals surface area contributed by atoms with Crippen LogP contribution in [0, 0.1) is 0 Å². The number of hydrogen-bond acceptors (Lipinski definition) is 3. The first-order chi connectivity index (χ1) is 9.51. The van der Waals surface area contributed by atoms with Gasteiger partial charge < -0.3 is 5.11 Å². The van der Waals surface area contributed by atoms with Crippen molar-refractivity contribution in [2.24, 2.45) is 0 Å². The van der Waals surface area contributed by atoms with E-state index in [9.17, 15) is 26.4 Å². The first-order valence-electron chi connectivity index (χ1n) is 5.61. The smallest absolute Gasteiger partial charge is 0.402 e. The van der Waals surface area contributed by atoms with E-state index in [1.807, 2.05) is 0 Å². The lowest BCUT2D eigenvalue weighted by molar-refractivity contribution is -0.121. The minimum absolute atomic E-state index is 0.0273. The molecule has 1 aromatic carbocycles. The molecule has 0 aliphatic rings. The molecule has 0 atom stereocenters. The average Bonchev–Trinajstić information content (AvgIpc) is 2.36. The van der Waals surface area contributed by atoms with E-state index in [0.29, 0.717) is 9.87 Å². The molecule has 21 heavy (non-hydrogen) atoms. The minimum atomic E-state index is -4.64. The number of carbonyl (C=O) groups is 1. The molecular weight excluding hydrogens is 313 g/mol. The summed E-state index contributed by atoms with van der Waals surface area (Å²) in [4.78, 5) is 10.7. The fraction of sp³-hybridized carbons (Fsp3) is 0.364. The molecule has 0 spiro atoms. The number of aromatic carboxylic acids is 1. The number of halogens is 3. The van der Waals surface area contributed by atoms with Crippen LogP contribution in [0.3, 0.4) is 0 Å². The van der Waals surface area contributed by atoms with Crippen molar-refractivity contribution < 1.29 is 31.5 Å². The Hall–Kier alpha value is -1.65. The normalized spacial score (nSPS) is 12.6. The van der Waals surface area contributed by atoms with Crippen LogP contribution in [0.5, 0.6) is 0 Å². The van der Waals surface area contributed by atoms with Crippen LogP contribution < -0.4 is 4.72 Å². The topological polar surface area (TPSA) is 86.7 Å². The third kappa shape index (κ3) is 5.69. The molecule has 0 aromatic heterocycles. The molecule has 6 nitrogen and oxygen atoms in total. The van der Waals surface area contributed by atoms with Crippen molar-refractivity contribution >= 4 is 16.2 Å². The van der Waals surface area contributed by atoms with Crippen LogP contribution in [-0.2, 0) is 16.8 Å². The van der Waals surface area contributed by atoms with E-state index in [1.165, 1.54) is 29.0 Å². The largest absolute Gasteiger partial charge is 0.478 e. The number of alkyl halides is 3. The molecule has 1 rings (SSSR count). The highest BCUT2D eigenvalue weighted by atomic mass is 32.2. The number of nitrogens with one attached hydrogen (secondary N) is 1. The molecule has 0 bridgehead atoms. The summed E-state index contributed by atoms with van der Waals surface area (Å²) < 4.78 is 61.3. The lowest BCUT2D eigenvalue weighted by Gasteiger charge is -2.18. The van der Waals surface area contributed by atoms with Crippen molar-refractivity contribution in [1.29, 1.82) is 0 Å². The maximum Gasteiger partial charge on any atom is 0.402 e. The molecule has 0 aliphatic heterocycles. The van der Waals surface area contributed by atoms with Gasteiger partial charge in [0, 0.05) is 13.6 Å². The van der Waals surface area contributed by atoms with E-state index in [0.717, 1.165) is 7.05 Å². The molecule has 1 aromatic rings. The van der Waals surface area contributed by atoms with Gasteiger partial charge in [-0.15, -0.1) is 0 Å². The summed E-state index contributed by atoms with van der Waals surface area (Å²) >= 11 is 0. The van der Waals surface area contributed by atoms with E-state index >= 15 is 0 Å². The van der Waals surface area contributed by atoms with Crippen LogP contribution in [0.25, 0.3) is 0 Å². The maximum atomic E-state index is 12.0. The van der Waals surface area contributed by atoms with Crippen LogP contribution in [0.1, 0.15) is 15.9 Å². The summed E-state index contributed by atoms with van der Waals surface area (Å²) in [5, 5.41) is 8.71. The number of hydrogen-bond donors (Lipinski definition) is 2. The van der Waals surface area contributed by atoms with Gasteiger partial charge >= 0.3 is 12.1 Å². The van der Waals surface area contributed by atoms with Gasteiger partial charge in [0.25, 0.3) is 10.2 Å². The van der Waals surface area contributed by atoms with Gasteiger partial charge in [-0.2, -0.15) is 30.6 Å². The number of benzene rings is 1. The van der Waals surface area contributed by atoms with Crippen LogP contribution in [-0.4, -0.2) is 43.6 Å². The predicted octanol–water partition coefficient (Wildman–Crippen LogP) is 1.21. The maximum absolute atomic E-state index is 12.0. The van der Waals surface area contributed by atoms with Gasteiger partial charge in [0.1, 0.15) is 6.54 Å². The molecule has 10 heteroatoms. The third-order valence-corrected chi connectivity index (χ3v) is 3.93. The predicted molar refractivity (Wildman–Crippen MR) is 67.8 cm³/mol. The molecular formula is C11H13F3N2O4S. The SMILES string of the molecule is CN(Cc1ccc(C(=O)O)cc1)S(=O)(=O)NCC(F)(F)F. The number of carboxylic acids is 1. The Labute approximate surface area is 119 Å². The van der Waals surface area contributed by atoms with Crippen LogP contribution >= 0.6 is 0 Å². The third-order valence-electron chi connectivity index (χ3n) is 2.47. The monoisotopic (exact) mass is 326 g/mol. The quantitative estimate of drug-likeness (QED) is 0.823. The fourth-order valence-corrected chi connectivity index (χ4v) is 2.26. The first kappa shape index (κ1) is 17.4. The van der Waals surface area contributed by atoms with Crippen molar-refractivity contribution in [2.75, 3.05) is 13.6 Å². The minimum Gasteiger partial charge on any atom is -0.478 e. The average molecular weight is 326 g/mol. The van der Waals surface area contributed by atoms with Crippen LogP contribution in [0.4, 0.5) is 13.2 Å². The zero-order valence-electron chi connectivity index (χ0n) is 10.9. The van der Waals surface area contributed by atoms with Crippen molar-refractivity contribution in [3.63, 3.8) is 0 Å². The second-order valence-electron chi connectivity index (χ2n) is 4.20. The molecule has 0 heterocycles. The second-order valence-corrected chi connectivity index (χ2v) is 6.06. The van der Waals surface area contributed by atoms with Gasteiger partial charge in [-0.1, -0.05) is 12.1 Å². The Morgan fingerprint density at radius 1 is 1.29 bits per heavy atom. The Balaban J connectivity index is 2.71. The summed E-state index contributed by atoms with van der Waals surface area (Å²) in [7, 11) is -3.16. The number of nitrogens with zero attached hydrogens (tertiary/aromatic N) is 1. The van der Waals surface area contributed by atoms with Crippen molar-refractivity contribution in [3.8, 4) is 0 Å². The van der Waals surface area contributed by atoms with Gasteiger partial charge in [-0.3, -0.25) is 0 Å². The summed E-state index contributed by atoms with van der Waals surface area (Å²) in [6.45, 7) is -1.84. The number of rotatable bonds is 6. The molecule has 0 radical (unpaired) electrons. The highest BCUT2D eigenvalue weighted by Gasteiger charge is 2.30. The van der Waals surface area contributed by atoms with Gasteiger partial charge in [0.2, 0.25) is 0 Å². The van der Waals surface area contributed by atoms with Crippen molar-refractivity contribution in [2.45, 2.75) is 12.7 Å². The highest BCUT2D eigenvalue weighted by molar-refractivity contribution is 7.87. The van der Waals surface area contributed by atoms with Gasteiger partial charge in [-0.05, 0) is 17.7 Å². The molecule has 0 amide bonds. The molecule has 2 N–H and O–H groups in total. The molecule has 0 fully saturated rings. The zero-order chi connectivity index (χ0) is 16.3. The van der Waals surface area contributed by atoms with Gasteiger partial charge in [-0.25, -0.2) is 4.79 Å². The van der Waals surface area contributed by atoms with Crippen LogP contribution in [0.15, 0.2) is 24.3 Å². The van der Waals surface area contributed by atoms with E-state index in [2.05, 4.69) is 0 Å². The van der Waals surface area contributed by atoms with E-state index in [-0.39, 0.29) is 12.1 Å². The molecule has 0 saturated carbocycles. The Bertz CT molecular complexity index is 599. The highest BCUT2D eigenvalue weighted by Crippen LogP contribution is 2.14. The molecule has 0 unspecified atom stereocenters. The van der Waals surface area contributed by atoms with Gasteiger partial charge in [0.15, 0.2) is 0 Å². The fourth-order valence-electron chi connectivity index (χ4n) is 1.38. The van der Waals surface area contributed by atoms with Gasteiger partial charge in [0.05, 0.1) is 5.56 Å². The van der Waals surface area contributed by atoms with E-state index in [4.69, 9.17) is 5.11 Å². The summed E-state index contributed by atoms with van der Waals surface area (Å²) in [6.07, 6.45) is -4.64. The summed E-state index contributed by atoms with van der Waals surface area (Å²) in [6, 6.07) is 5.33. The Morgan fingerprint density at radius 3 is 2.24 bits per heavy atom. The van der Waals surface area contributed by atoms with Crippen molar-refractivity contribution in [3.05, 3.63) is 35.4 Å². The second kappa shape index (κ2) is 6.41. The molecule has 0 saturated heterocycles. The summed E-state index contributed by atoms with van der Waals surface area (Å²) in [5.74, 6) is -1.13. The molecule has 118 valence electrons. The Kier molecular flexibility index (Phi) is 5.31. The standard InChI is InChI=1S/C11H13F3N2O4S/c1-16(21(19,20)15-7-11(12,13)14)6-8-2-4-9(5-3-8)10(17)18/h2-5,15H,6-7H2,1H3,(H,17,18). The van der Waals surface area contributed by atoms with Crippen molar-refractivity contribution in [1.82, 2.24) is 9.03 Å². The van der Waals surface area contributed by atoms with E-state index < -0.39 is 28.9 Å². The van der Waals surface area contributed by atoms with E-state index in [1.54, 1.807) is 0 Å². The lowest BCUT2D eigenvalue weighted by Crippen LogP contribution is -2.42. The zero-order valence-corrected chi connectivity index (χ0v) is 11.7. The lowest BCUT2D eigenvalue weighted by atomic mass is 10.1. The Morgan fingerprint density at radius 2 is 1.81 bits per heavy atom. The summed E-state index contributed by atoms with van der Waals surface area (Å²) in [5.41, 5.74) is 0.472.